The zero-order valence-electron chi connectivity index (χ0n) is 15.0. The lowest BCUT2D eigenvalue weighted by Crippen LogP contribution is -2.40. The second-order valence-electron chi connectivity index (χ2n) is 5.63. The molecule has 0 saturated heterocycles. The fourth-order valence-corrected chi connectivity index (χ4v) is 2.90. The molecule has 0 spiro atoms. The van der Waals surface area contributed by atoms with Gasteiger partial charge in [0, 0.05) is 25.9 Å². The summed E-state index contributed by atoms with van der Waals surface area (Å²) in [7, 11) is 0.382. The van der Waals surface area contributed by atoms with Crippen molar-refractivity contribution >= 4 is 15.8 Å². The molecule has 0 aliphatic carbocycles. The van der Waals surface area contributed by atoms with Gasteiger partial charge in [-0.05, 0) is 30.0 Å². The lowest BCUT2D eigenvalue weighted by atomic mass is 9.98. The van der Waals surface area contributed by atoms with Gasteiger partial charge in [-0.3, -0.25) is 4.99 Å². The van der Waals surface area contributed by atoms with E-state index in [4.69, 9.17) is 4.74 Å². The van der Waals surface area contributed by atoms with Crippen molar-refractivity contribution in [1.29, 1.82) is 0 Å². The van der Waals surface area contributed by atoms with Crippen molar-refractivity contribution in [2.45, 2.75) is 26.2 Å². The number of rotatable bonds is 9. The predicted molar refractivity (Wildman–Crippen MR) is 99.7 cm³/mol. The highest BCUT2D eigenvalue weighted by atomic mass is 32.2. The number of guanidine groups is 1. The third kappa shape index (κ3) is 7.21. The first kappa shape index (κ1) is 20.3. The lowest BCUT2D eigenvalue weighted by Gasteiger charge is -2.15. The summed E-state index contributed by atoms with van der Waals surface area (Å²) in [4.78, 5) is 4.11. The summed E-state index contributed by atoms with van der Waals surface area (Å²) in [6.07, 6.45) is 0.945. The number of hydrogen-bond donors (Lipinski definition) is 2. The van der Waals surface area contributed by atoms with E-state index >= 15 is 0 Å². The standard InChI is InChI=1S/C17H29N3O3S/c1-5-24(21,22)13-12-20-17(18-3)19-11-10-14(2)15-6-8-16(23-4)9-7-15/h6-9,14H,5,10-13H2,1-4H3,(H2,18,19,20). The van der Waals surface area contributed by atoms with Crippen LogP contribution in [0.1, 0.15) is 31.7 Å². The quantitative estimate of drug-likeness (QED) is 0.521. The predicted octanol–water partition coefficient (Wildman–Crippen LogP) is 1.79. The van der Waals surface area contributed by atoms with Gasteiger partial charge in [0.05, 0.1) is 12.9 Å². The molecule has 1 atom stereocenters. The zero-order valence-corrected chi connectivity index (χ0v) is 15.8. The summed E-state index contributed by atoms with van der Waals surface area (Å²) in [5, 5.41) is 6.25. The molecule has 0 aliphatic heterocycles. The van der Waals surface area contributed by atoms with Crippen LogP contribution < -0.4 is 15.4 Å². The van der Waals surface area contributed by atoms with Crippen LogP contribution in [0.3, 0.4) is 0 Å². The molecule has 0 aliphatic rings. The lowest BCUT2D eigenvalue weighted by molar-refractivity contribution is 0.414. The van der Waals surface area contributed by atoms with E-state index in [-0.39, 0.29) is 11.5 Å². The Hall–Kier alpha value is -1.76. The first-order chi connectivity index (χ1) is 11.4. The molecule has 0 bridgehead atoms. The highest BCUT2D eigenvalue weighted by Gasteiger charge is 2.08. The highest BCUT2D eigenvalue weighted by molar-refractivity contribution is 7.91. The number of benzene rings is 1. The van der Waals surface area contributed by atoms with E-state index in [1.807, 2.05) is 12.1 Å². The molecule has 6 nitrogen and oxygen atoms in total. The molecule has 0 radical (unpaired) electrons. The Balaban J connectivity index is 2.35. The van der Waals surface area contributed by atoms with Crippen molar-refractivity contribution in [1.82, 2.24) is 10.6 Å². The molecule has 1 aromatic carbocycles. The topological polar surface area (TPSA) is 79.8 Å². The maximum Gasteiger partial charge on any atom is 0.191 e. The van der Waals surface area contributed by atoms with E-state index in [1.54, 1.807) is 21.1 Å². The van der Waals surface area contributed by atoms with Gasteiger partial charge in [-0.1, -0.05) is 26.0 Å². The molecule has 0 amide bonds. The number of ether oxygens (including phenoxy) is 1. The van der Waals surface area contributed by atoms with Crippen molar-refractivity contribution in [2.24, 2.45) is 4.99 Å². The van der Waals surface area contributed by atoms with Crippen LogP contribution in [0.15, 0.2) is 29.3 Å². The van der Waals surface area contributed by atoms with Gasteiger partial charge >= 0.3 is 0 Å². The van der Waals surface area contributed by atoms with Crippen LogP contribution in [0.25, 0.3) is 0 Å². The molecule has 0 heterocycles. The van der Waals surface area contributed by atoms with Crippen LogP contribution in [0.2, 0.25) is 0 Å². The molecule has 136 valence electrons. The molecule has 0 fully saturated rings. The van der Waals surface area contributed by atoms with E-state index in [0.717, 1.165) is 18.7 Å². The normalized spacial score (nSPS) is 13.4. The van der Waals surface area contributed by atoms with Gasteiger partial charge in [-0.25, -0.2) is 8.42 Å². The summed E-state index contributed by atoms with van der Waals surface area (Å²) in [5.74, 6) is 2.17. The average Bonchev–Trinajstić information content (AvgIpc) is 2.60. The molecule has 2 N–H and O–H groups in total. The van der Waals surface area contributed by atoms with Crippen molar-refractivity contribution in [3.05, 3.63) is 29.8 Å². The first-order valence-electron chi connectivity index (χ1n) is 8.20. The molecule has 0 saturated carbocycles. The maximum absolute atomic E-state index is 11.5. The van der Waals surface area contributed by atoms with Crippen LogP contribution in [0.4, 0.5) is 0 Å². The minimum absolute atomic E-state index is 0.118. The van der Waals surface area contributed by atoms with Gasteiger partial charge in [0.25, 0.3) is 0 Å². The fraction of sp³-hybridized carbons (Fsp3) is 0.588. The zero-order chi connectivity index (χ0) is 18.0. The molecular formula is C17H29N3O3S. The Morgan fingerprint density at radius 1 is 1.21 bits per heavy atom. The van der Waals surface area contributed by atoms with E-state index in [9.17, 15) is 8.42 Å². The van der Waals surface area contributed by atoms with E-state index in [1.165, 1.54) is 5.56 Å². The number of methoxy groups -OCH3 is 1. The van der Waals surface area contributed by atoms with Gasteiger partial charge < -0.3 is 15.4 Å². The molecule has 1 unspecified atom stereocenters. The number of aliphatic imine (C=N–C) groups is 1. The minimum atomic E-state index is -2.95. The summed E-state index contributed by atoms with van der Waals surface area (Å²) in [5.41, 5.74) is 1.26. The largest absolute Gasteiger partial charge is 0.497 e. The Bertz CT molecular complexity index is 612. The number of nitrogens with one attached hydrogen (secondary N) is 2. The monoisotopic (exact) mass is 355 g/mol. The molecule has 0 aromatic heterocycles. The molecule has 1 rings (SSSR count). The Kier molecular flexibility index (Phi) is 8.60. The van der Waals surface area contributed by atoms with Crippen molar-refractivity contribution in [2.75, 3.05) is 38.8 Å². The van der Waals surface area contributed by atoms with E-state index < -0.39 is 9.84 Å². The van der Waals surface area contributed by atoms with Crippen LogP contribution in [-0.2, 0) is 9.84 Å². The maximum atomic E-state index is 11.5. The van der Waals surface area contributed by atoms with Crippen LogP contribution >= 0.6 is 0 Å². The number of nitrogens with zero attached hydrogens (tertiary/aromatic N) is 1. The summed E-state index contributed by atoms with van der Waals surface area (Å²) < 4.78 is 28.1. The van der Waals surface area contributed by atoms with Gasteiger partial charge in [-0.2, -0.15) is 0 Å². The Labute approximate surface area is 145 Å². The number of hydrogen-bond acceptors (Lipinski definition) is 4. The molecule has 1 aromatic rings. The Morgan fingerprint density at radius 2 is 1.83 bits per heavy atom. The second-order valence-corrected chi connectivity index (χ2v) is 8.10. The smallest absolute Gasteiger partial charge is 0.191 e. The van der Waals surface area contributed by atoms with Gasteiger partial charge in [-0.15, -0.1) is 0 Å². The third-order valence-electron chi connectivity index (χ3n) is 3.92. The second kappa shape index (κ2) is 10.2. The van der Waals surface area contributed by atoms with E-state index in [0.29, 0.717) is 18.4 Å². The van der Waals surface area contributed by atoms with Crippen molar-refractivity contribution in [3.8, 4) is 5.75 Å². The SMILES string of the molecule is CCS(=O)(=O)CCNC(=NC)NCCC(C)c1ccc(OC)cc1. The van der Waals surface area contributed by atoms with Gasteiger partial charge in [0.15, 0.2) is 15.8 Å². The fourth-order valence-electron chi connectivity index (χ4n) is 2.20. The first-order valence-corrected chi connectivity index (χ1v) is 10.0. The molecule has 24 heavy (non-hydrogen) atoms. The van der Waals surface area contributed by atoms with Crippen LogP contribution in [0, 0.1) is 0 Å². The van der Waals surface area contributed by atoms with Gasteiger partial charge in [0.2, 0.25) is 0 Å². The summed E-state index contributed by atoms with van der Waals surface area (Å²) in [6, 6.07) is 8.08. The highest BCUT2D eigenvalue weighted by Crippen LogP contribution is 2.21. The molecular weight excluding hydrogens is 326 g/mol. The van der Waals surface area contributed by atoms with Crippen LogP contribution in [-0.4, -0.2) is 53.1 Å². The van der Waals surface area contributed by atoms with Crippen molar-refractivity contribution < 1.29 is 13.2 Å². The van der Waals surface area contributed by atoms with Crippen LogP contribution in [0.5, 0.6) is 5.75 Å². The number of sulfone groups is 1. The molecule has 7 heteroatoms. The van der Waals surface area contributed by atoms with E-state index in [2.05, 4.69) is 34.7 Å². The summed E-state index contributed by atoms with van der Waals surface area (Å²) in [6.45, 7) is 4.95. The van der Waals surface area contributed by atoms with Crippen molar-refractivity contribution in [3.63, 3.8) is 0 Å². The minimum Gasteiger partial charge on any atom is -0.497 e. The average molecular weight is 356 g/mol. The summed E-state index contributed by atoms with van der Waals surface area (Å²) >= 11 is 0. The Morgan fingerprint density at radius 3 is 2.38 bits per heavy atom. The van der Waals surface area contributed by atoms with Gasteiger partial charge in [0.1, 0.15) is 5.75 Å². The third-order valence-corrected chi connectivity index (χ3v) is 5.63.